The van der Waals surface area contributed by atoms with Crippen molar-refractivity contribution in [2.24, 2.45) is 0 Å². The molecule has 0 spiro atoms. The zero-order valence-corrected chi connectivity index (χ0v) is 11.5. The number of aliphatic hydroxyl groups is 1. The highest BCUT2D eigenvalue weighted by atomic mass is 32.2. The van der Waals surface area contributed by atoms with E-state index in [1.807, 2.05) is 0 Å². The highest BCUT2D eigenvalue weighted by Gasteiger charge is 2.43. The van der Waals surface area contributed by atoms with E-state index in [1.54, 1.807) is 42.5 Å². The summed E-state index contributed by atoms with van der Waals surface area (Å²) in [7, 11) is -2.33. The third-order valence-electron chi connectivity index (χ3n) is 3.27. The maximum Gasteiger partial charge on any atom is 0.267 e. The number of anilines is 1. The highest BCUT2D eigenvalue weighted by molar-refractivity contribution is 7.93. The molecule has 0 aliphatic carbocycles. The van der Waals surface area contributed by atoms with Crippen molar-refractivity contribution in [1.29, 1.82) is 0 Å². The van der Waals surface area contributed by atoms with Crippen molar-refractivity contribution >= 4 is 15.7 Å². The molecule has 1 unspecified atom stereocenters. The maximum absolute atomic E-state index is 12.6. The van der Waals surface area contributed by atoms with Crippen LogP contribution in [0.25, 0.3) is 0 Å². The van der Waals surface area contributed by atoms with Crippen molar-refractivity contribution in [2.75, 3.05) is 11.4 Å². The van der Waals surface area contributed by atoms with Crippen LogP contribution in [0, 0.1) is 0 Å². The van der Waals surface area contributed by atoms with Crippen LogP contribution in [0.1, 0.15) is 11.8 Å². The summed E-state index contributed by atoms with van der Waals surface area (Å²) in [6.07, 6.45) is -1.28. The number of rotatable bonds is 2. The van der Waals surface area contributed by atoms with Crippen LogP contribution in [-0.4, -0.2) is 20.6 Å². The van der Waals surface area contributed by atoms with E-state index in [4.69, 9.17) is 4.74 Å². The number of para-hydroxylation sites is 1. The Morgan fingerprint density at radius 2 is 1.80 bits per heavy atom. The number of benzene rings is 2. The molecule has 5 nitrogen and oxygen atoms in total. The van der Waals surface area contributed by atoms with Crippen LogP contribution in [0.4, 0.5) is 5.69 Å². The topological polar surface area (TPSA) is 66.8 Å². The first kappa shape index (κ1) is 13.0. The standard InChI is InChI=1S/C14H13NO4S/c1-19-11-8-5-9-12-13(11)14(16)15(20(12,17)18)10-6-3-2-4-7-10/h2-9,14,16H,1H3. The second kappa shape index (κ2) is 4.50. The van der Waals surface area contributed by atoms with Crippen molar-refractivity contribution in [3.05, 3.63) is 54.1 Å². The van der Waals surface area contributed by atoms with Crippen molar-refractivity contribution < 1.29 is 18.3 Å². The van der Waals surface area contributed by atoms with E-state index in [2.05, 4.69) is 0 Å². The largest absolute Gasteiger partial charge is 0.496 e. The van der Waals surface area contributed by atoms with Gasteiger partial charge in [-0.25, -0.2) is 12.7 Å². The van der Waals surface area contributed by atoms with Crippen LogP contribution in [0.3, 0.4) is 0 Å². The average molecular weight is 291 g/mol. The summed E-state index contributed by atoms with van der Waals surface area (Å²) in [5, 5.41) is 10.4. The molecule has 2 aromatic carbocycles. The number of hydrogen-bond donors (Lipinski definition) is 1. The minimum Gasteiger partial charge on any atom is -0.496 e. The van der Waals surface area contributed by atoms with Crippen LogP contribution in [-0.2, 0) is 10.0 Å². The Hall–Kier alpha value is -2.05. The number of methoxy groups -OCH3 is 1. The fourth-order valence-corrected chi connectivity index (χ4v) is 4.10. The maximum atomic E-state index is 12.6. The van der Waals surface area contributed by atoms with Gasteiger partial charge in [-0.1, -0.05) is 24.3 Å². The molecule has 2 aromatic rings. The van der Waals surface area contributed by atoms with Gasteiger partial charge >= 0.3 is 0 Å². The first-order valence-electron chi connectivity index (χ1n) is 6.02. The Kier molecular flexibility index (Phi) is 2.92. The lowest BCUT2D eigenvalue weighted by molar-refractivity contribution is 0.188. The third-order valence-corrected chi connectivity index (χ3v) is 5.11. The predicted molar refractivity (Wildman–Crippen MR) is 74.1 cm³/mol. The molecule has 104 valence electrons. The normalized spacial score (nSPS) is 19.7. The molecule has 20 heavy (non-hydrogen) atoms. The fraction of sp³-hybridized carbons (Fsp3) is 0.143. The van der Waals surface area contributed by atoms with Crippen LogP contribution < -0.4 is 9.04 Å². The molecular formula is C14H13NO4S. The molecule has 0 fully saturated rings. The molecule has 3 rings (SSSR count). The van der Waals surface area contributed by atoms with E-state index in [-0.39, 0.29) is 10.5 Å². The van der Waals surface area contributed by atoms with Crippen molar-refractivity contribution in [1.82, 2.24) is 0 Å². The minimum absolute atomic E-state index is 0.0770. The summed E-state index contributed by atoms with van der Waals surface area (Å²) in [6.45, 7) is 0. The zero-order chi connectivity index (χ0) is 14.3. The second-order valence-corrected chi connectivity index (χ2v) is 6.17. The zero-order valence-electron chi connectivity index (χ0n) is 10.7. The van der Waals surface area contributed by atoms with Gasteiger partial charge in [-0.3, -0.25) is 0 Å². The molecule has 1 N–H and O–H groups in total. The first-order chi connectivity index (χ1) is 9.57. The van der Waals surface area contributed by atoms with Gasteiger partial charge in [-0.05, 0) is 24.3 Å². The first-order valence-corrected chi connectivity index (χ1v) is 7.46. The Balaban J connectivity index is 2.24. The molecule has 0 saturated heterocycles. The monoisotopic (exact) mass is 291 g/mol. The van der Waals surface area contributed by atoms with Crippen molar-refractivity contribution in [3.8, 4) is 5.75 Å². The fourth-order valence-electron chi connectivity index (χ4n) is 2.39. The summed E-state index contributed by atoms with van der Waals surface area (Å²) >= 11 is 0. The quantitative estimate of drug-likeness (QED) is 0.917. The van der Waals surface area contributed by atoms with Gasteiger partial charge in [-0.2, -0.15) is 0 Å². The average Bonchev–Trinajstić information content (AvgIpc) is 2.67. The van der Waals surface area contributed by atoms with Gasteiger partial charge in [0.25, 0.3) is 10.0 Å². The molecule has 0 bridgehead atoms. The van der Waals surface area contributed by atoms with E-state index in [0.717, 1.165) is 4.31 Å². The van der Waals surface area contributed by atoms with Gasteiger partial charge < -0.3 is 9.84 Å². The molecule has 1 aliphatic heterocycles. The second-order valence-electron chi connectivity index (χ2n) is 4.38. The van der Waals surface area contributed by atoms with E-state index >= 15 is 0 Å². The Morgan fingerprint density at radius 3 is 2.45 bits per heavy atom. The number of ether oxygens (including phenoxy) is 1. The Labute approximate surface area is 117 Å². The summed E-state index contributed by atoms with van der Waals surface area (Å²) in [5.41, 5.74) is 0.692. The summed E-state index contributed by atoms with van der Waals surface area (Å²) in [6, 6.07) is 13.2. The molecule has 0 saturated carbocycles. The Bertz CT molecular complexity index is 743. The summed E-state index contributed by atoms with van der Waals surface area (Å²) in [4.78, 5) is 0.0770. The number of nitrogens with zero attached hydrogens (tertiary/aromatic N) is 1. The summed E-state index contributed by atoms with van der Waals surface area (Å²) in [5.74, 6) is 0.358. The van der Waals surface area contributed by atoms with Gasteiger partial charge in [0.2, 0.25) is 0 Å². The number of sulfonamides is 1. The van der Waals surface area contributed by atoms with Gasteiger partial charge in [0.1, 0.15) is 5.75 Å². The predicted octanol–water partition coefficient (Wildman–Crippen LogP) is 1.89. The lowest BCUT2D eigenvalue weighted by atomic mass is 10.1. The van der Waals surface area contributed by atoms with Crippen LogP contribution in [0.15, 0.2) is 53.4 Å². The van der Waals surface area contributed by atoms with E-state index in [9.17, 15) is 13.5 Å². The smallest absolute Gasteiger partial charge is 0.267 e. The van der Waals surface area contributed by atoms with E-state index in [1.165, 1.54) is 13.2 Å². The molecular weight excluding hydrogens is 278 g/mol. The van der Waals surface area contributed by atoms with Gasteiger partial charge in [-0.15, -0.1) is 0 Å². The van der Waals surface area contributed by atoms with Crippen LogP contribution >= 0.6 is 0 Å². The van der Waals surface area contributed by atoms with E-state index < -0.39 is 16.3 Å². The molecule has 1 aliphatic rings. The van der Waals surface area contributed by atoms with Crippen LogP contribution in [0.2, 0.25) is 0 Å². The van der Waals surface area contributed by atoms with Gasteiger partial charge in [0, 0.05) is 0 Å². The number of fused-ring (bicyclic) bond motifs is 1. The molecule has 0 amide bonds. The molecule has 1 heterocycles. The third kappa shape index (κ3) is 1.69. The SMILES string of the molecule is COc1cccc2c1C(O)N(c1ccccc1)S2(=O)=O. The molecule has 0 radical (unpaired) electrons. The summed E-state index contributed by atoms with van der Waals surface area (Å²) < 4.78 is 31.3. The molecule has 0 aromatic heterocycles. The van der Waals surface area contributed by atoms with Crippen molar-refractivity contribution in [3.63, 3.8) is 0 Å². The lowest BCUT2D eigenvalue weighted by Gasteiger charge is -2.21. The Morgan fingerprint density at radius 1 is 1.10 bits per heavy atom. The number of hydrogen-bond acceptors (Lipinski definition) is 4. The lowest BCUT2D eigenvalue weighted by Crippen LogP contribution is -2.27. The van der Waals surface area contributed by atoms with Gasteiger partial charge in [0.15, 0.2) is 6.23 Å². The molecule has 6 heteroatoms. The highest BCUT2D eigenvalue weighted by Crippen LogP contribution is 2.45. The van der Waals surface area contributed by atoms with Gasteiger partial charge in [0.05, 0.1) is 23.3 Å². The van der Waals surface area contributed by atoms with Crippen molar-refractivity contribution in [2.45, 2.75) is 11.1 Å². The molecule has 1 atom stereocenters. The van der Waals surface area contributed by atoms with E-state index in [0.29, 0.717) is 11.4 Å². The number of aliphatic hydroxyl groups excluding tert-OH is 1. The minimum atomic E-state index is -3.78. The van der Waals surface area contributed by atoms with Crippen LogP contribution in [0.5, 0.6) is 5.75 Å².